The molecule has 0 aliphatic heterocycles. The number of amides is 2. The number of hydrogen-bond donors (Lipinski definition) is 2. The normalized spacial score (nSPS) is 11.6. The van der Waals surface area contributed by atoms with Gasteiger partial charge in [-0.25, -0.2) is 0 Å². The van der Waals surface area contributed by atoms with E-state index in [1.807, 2.05) is 32.0 Å². The molecule has 1 atom stereocenters. The molecule has 5 nitrogen and oxygen atoms in total. The van der Waals surface area contributed by atoms with Crippen LogP contribution < -0.4 is 15.8 Å². The van der Waals surface area contributed by atoms with Crippen molar-refractivity contribution in [2.75, 3.05) is 5.32 Å². The fourth-order valence-electron chi connectivity index (χ4n) is 2.26. The van der Waals surface area contributed by atoms with Gasteiger partial charge in [0.05, 0.1) is 11.3 Å². The van der Waals surface area contributed by atoms with Gasteiger partial charge in [0, 0.05) is 0 Å². The van der Waals surface area contributed by atoms with Crippen LogP contribution in [0.4, 0.5) is 5.69 Å². The van der Waals surface area contributed by atoms with E-state index >= 15 is 0 Å². The maximum absolute atomic E-state index is 12.3. The summed E-state index contributed by atoms with van der Waals surface area (Å²) in [5.41, 5.74) is 7.87. The molecule has 2 amide bonds. The second-order valence-electron chi connectivity index (χ2n) is 5.38. The highest BCUT2D eigenvalue weighted by molar-refractivity contribution is 6.03. The fourth-order valence-corrected chi connectivity index (χ4v) is 2.26. The number of nitrogens with two attached hydrogens (primary N) is 1. The van der Waals surface area contributed by atoms with Crippen molar-refractivity contribution >= 4 is 17.5 Å². The van der Waals surface area contributed by atoms with E-state index in [9.17, 15) is 9.59 Å². The lowest BCUT2D eigenvalue weighted by molar-refractivity contribution is -0.122. The van der Waals surface area contributed by atoms with Crippen molar-refractivity contribution in [1.82, 2.24) is 0 Å². The van der Waals surface area contributed by atoms with Crippen LogP contribution in [0, 0.1) is 13.8 Å². The number of primary amides is 1. The van der Waals surface area contributed by atoms with Crippen molar-refractivity contribution in [3.05, 3.63) is 59.2 Å². The molecular weight excluding hydrogens is 292 g/mol. The first-order valence-electron chi connectivity index (χ1n) is 7.32. The Morgan fingerprint density at radius 2 is 1.65 bits per heavy atom. The molecule has 2 rings (SSSR count). The summed E-state index contributed by atoms with van der Waals surface area (Å²) in [7, 11) is 0. The number of ether oxygens (including phenoxy) is 1. The van der Waals surface area contributed by atoms with Gasteiger partial charge in [0.2, 0.25) is 0 Å². The first-order chi connectivity index (χ1) is 10.9. The van der Waals surface area contributed by atoms with Gasteiger partial charge >= 0.3 is 0 Å². The Morgan fingerprint density at radius 3 is 2.26 bits per heavy atom. The molecule has 0 saturated carbocycles. The summed E-state index contributed by atoms with van der Waals surface area (Å²) >= 11 is 0. The molecule has 0 aromatic heterocycles. The van der Waals surface area contributed by atoms with Gasteiger partial charge in [-0.1, -0.05) is 30.3 Å². The third-order valence-electron chi connectivity index (χ3n) is 3.52. The summed E-state index contributed by atoms with van der Waals surface area (Å²) in [4.78, 5) is 23.7. The number of para-hydroxylation sites is 2. The van der Waals surface area contributed by atoms with Crippen molar-refractivity contribution in [3.63, 3.8) is 0 Å². The zero-order chi connectivity index (χ0) is 17.0. The van der Waals surface area contributed by atoms with Crippen LogP contribution in [-0.4, -0.2) is 17.9 Å². The molecule has 2 aromatic rings. The maximum Gasteiger partial charge on any atom is 0.265 e. The number of rotatable bonds is 5. The van der Waals surface area contributed by atoms with E-state index in [-0.39, 0.29) is 11.5 Å². The minimum atomic E-state index is -0.712. The lowest BCUT2D eigenvalue weighted by atomic mass is 10.1. The zero-order valence-electron chi connectivity index (χ0n) is 13.4. The molecule has 0 spiro atoms. The van der Waals surface area contributed by atoms with Gasteiger partial charge < -0.3 is 15.8 Å². The van der Waals surface area contributed by atoms with E-state index in [1.165, 1.54) is 0 Å². The van der Waals surface area contributed by atoms with Crippen LogP contribution in [0.5, 0.6) is 5.75 Å². The van der Waals surface area contributed by atoms with Crippen LogP contribution in [0.3, 0.4) is 0 Å². The molecule has 5 heteroatoms. The second-order valence-corrected chi connectivity index (χ2v) is 5.38. The molecule has 2 aromatic carbocycles. The molecule has 1 unspecified atom stereocenters. The smallest absolute Gasteiger partial charge is 0.265 e. The largest absolute Gasteiger partial charge is 0.480 e. The lowest BCUT2D eigenvalue weighted by Crippen LogP contribution is -2.31. The summed E-state index contributed by atoms with van der Waals surface area (Å²) in [6.45, 7) is 5.51. The minimum Gasteiger partial charge on any atom is -0.480 e. The van der Waals surface area contributed by atoms with Crippen molar-refractivity contribution in [3.8, 4) is 5.75 Å². The lowest BCUT2D eigenvalue weighted by Gasteiger charge is -2.18. The number of hydrogen-bond acceptors (Lipinski definition) is 3. The van der Waals surface area contributed by atoms with E-state index in [4.69, 9.17) is 10.5 Å². The molecule has 0 heterocycles. The molecule has 120 valence electrons. The van der Waals surface area contributed by atoms with Gasteiger partial charge in [0.1, 0.15) is 5.75 Å². The Labute approximate surface area is 135 Å². The average Bonchev–Trinajstić information content (AvgIpc) is 2.51. The Morgan fingerprint density at radius 1 is 1.04 bits per heavy atom. The van der Waals surface area contributed by atoms with E-state index < -0.39 is 12.0 Å². The number of carbonyl (C=O) groups is 2. The topological polar surface area (TPSA) is 81.4 Å². The first-order valence-corrected chi connectivity index (χ1v) is 7.32. The standard InChI is InChI=1S/C18H20N2O3/c1-11-7-6-8-12(2)16(11)23-13(3)18(22)20-15-10-5-4-9-14(15)17(19)21/h4-10,13H,1-3H3,(H2,19,21)(H,20,22). The van der Waals surface area contributed by atoms with Crippen LogP contribution >= 0.6 is 0 Å². The predicted octanol–water partition coefficient (Wildman–Crippen LogP) is 2.81. The maximum atomic E-state index is 12.3. The van der Waals surface area contributed by atoms with Gasteiger partial charge in [0.25, 0.3) is 11.8 Å². The van der Waals surface area contributed by atoms with Gasteiger partial charge in [0.15, 0.2) is 6.10 Å². The molecule has 0 saturated heterocycles. The highest BCUT2D eigenvalue weighted by atomic mass is 16.5. The molecule has 3 N–H and O–H groups in total. The van der Waals surface area contributed by atoms with Gasteiger partial charge in [-0.15, -0.1) is 0 Å². The molecule has 0 aliphatic carbocycles. The van der Waals surface area contributed by atoms with Crippen molar-refractivity contribution in [2.24, 2.45) is 5.73 Å². The second kappa shape index (κ2) is 6.96. The minimum absolute atomic E-state index is 0.264. The highest BCUT2D eigenvalue weighted by Gasteiger charge is 2.18. The van der Waals surface area contributed by atoms with Gasteiger partial charge in [-0.3, -0.25) is 9.59 Å². The van der Waals surface area contributed by atoms with E-state index in [0.29, 0.717) is 11.4 Å². The number of benzene rings is 2. The Hall–Kier alpha value is -2.82. The predicted molar refractivity (Wildman–Crippen MR) is 89.6 cm³/mol. The average molecular weight is 312 g/mol. The van der Waals surface area contributed by atoms with Gasteiger partial charge in [-0.2, -0.15) is 0 Å². The Balaban J connectivity index is 2.14. The summed E-state index contributed by atoms with van der Waals surface area (Å²) in [6, 6.07) is 12.4. The number of anilines is 1. The third-order valence-corrected chi connectivity index (χ3v) is 3.52. The van der Waals surface area contributed by atoms with Crippen LogP contribution in [0.15, 0.2) is 42.5 Å². The third kappa shape index (κ3) is 3.88. The first kappa shape index (κ1) is 16.5. The molecular formula is C18H20N2O3. The summed E-state index contributed by atoms with van der Waals surface area (Å²) in [5, 5.41) is 2.69. The van der Waals surface area contributed by atoms with Crippen LogP contribution in [0.2, 0.25) is 0 Å². The molecule has 0 fully saturated rings. The van der Waals surface area contributed by atoms with Crippen LogP contribution in [0.25, 0.3) is 0 Å². The SMILES string of the molecule is Cc1cccc(C)c1OC(C)C(=O)Nc1ccccc1C(N)=O. The van der Waals surface area contributed by atoms with E-state index in [0.717, 1.165) is 11.1 Å². The Kier molecular flexibility index (Phi) is 5.01. The van der Waals surface area contributed by atoms with Crippen molar-refractivity contribution < 1.29 is 14.3 Å². The highest BCUT2D eigenvalue weighted by Crippen LogP contribution is 2.24. The molecule has 0 radical (unpaired) electrons. The van der Waals surface area contributed by atoms with Gasteiger partial charge in [-0.05, 0) is 44.0 Å². The number of aryl methyl sites for hydroxylation is 2. The molecule has 23 heavy (non-hydrogen) atoms. The van der Waals surface area contributed by atoms with Crippen LogP contribution in [0.1, 0.15) is 28.4 Å². The zero-order valence-corrected chi connectivity index (χ0v) is 13.4. The summed E-state index contributed by atoms with van der Waals surface area (Å²) in [5.74, 6) is -0.246. The quantitative estimate of drug-likeness (QED) is 0.890. The fraction of sp³-hybridized carbons (Fsp3) is 0.222. The number of nitrogens with one attached hydrogen (secondary N) is 1. The molecule has 0 aliphatic rings. The van der Waals surface area contributed by atoms with Crippen molar-refractivity contribution in [2.45, 2.75) is 26.9 Å². The molecule has 0 bridgehead atoms. The van der Waals surface area contributed by atoms with E-state index in [1.54, 1.807) is 31.2 Å². The Bertz CT molecular complexity index is 721. The summed E-state index contributed by atoms with van der Waals surface area (Å²) in [6.07, 6.45) is -0.712. The van der Waals surface area contributed by atoms with Crippen molar-refractivity contribution in [1.29, 1.82) is 0 Å². The summed E-state index contributed by atoms with van der Waals surface area (Å²) < 4.78 is 5.78. The van der Waals surface area contributed by atoms with E-state index in [2.05, 4.69) is 5.32 Å². The monoisotopic (exact) mass is 312 g/mol. The number of carbonyl (C=O) groups excluding carboxylic acids is 2. The van der Waals surface area contributed by atoms with Crippen LogP contribution in [-0.2, 0) is 4.79 Å².